The Morgan fingerprint density at radius 1 is 1.29 bits per heavy atom. The molecule has 0 saturated carbocycles. The zero-order valence-electron chi connectivity index (χ0n) is 9.71. The van der Waals surface area contributed by atoms with Gasteiger partial charge >= 0.3 is 5.82 Å². The molecule has 88 valence electrons. The van der Waals surface area contributed by atoms with Gasteiger partial charge in [-0.05, 0) is 24.8 Å². The molecule has 2 aromatic heterocycles. The van der Waals surface area contributed by atoms with Crippen LogP contribution in [0.25, 0.3) is 11.6 Å². The summed E-state index contributed by atoms with van der Waals surface area (Å²) in [5.74, 6) is 0.712. The highest BCUT2D eigenvalue weighted by Crippen LogP contribution is 2.19. The van der Waals surface area contributed by atoms with Crippen molar-refractivity contribution in [1.82, 2.24) is 19.5 Å². The Kier molecular flexibility index (Phi) is 2.58. The summed E-state index contributed by atoms with van der Waals surface area (Å²) in [4.78, 5) is 22.6. The minimum Gasteiger partial charge on any atom is -0.358 e. The van der Waals surface area contributed by atoms with Crippen molar-refractivity contribution in [3.63, 3.8) is 0 Å². The van der Waals surface area contributed by atoms with Gasteiger partial charge in [-0.1, -0.05) is 0 Å². The van der Waals surface area contributed by atoms with Crippen molar-refractivity contribution < 1.29 is 4.92 Å². The topological polar surface area (TPSA) is 86.7 Å². The molecule has 0 saturated heterocycles. The number of nitro groups is 1. The summed E-state index contributed by atoms with van der Waals surface area (Å²) in [7, 11) is 1.57. The lowest BCUT2D eigenvalue weighted by Gasteiger charge is -2.00. The molecule has 2 aromatic rings. The molecule has 0 aliphatic heterocycles. The third kappa shape index (κ3) is 1.99. The van der Waals surface area contributed by atoms with Crippen LogP contribution in [0.3, 0.4) is 0 Å². The highest BCUT2D eigenvalue weighted by molar-refractivity contribution is 5.48. The van der Waals surface area contributed by atoms with Gasteiger partial charge in [-0.2, -0.15) is 0 Å². The van der Waals surface area contributed by atoms with E-state index in [1.54, 1.807) is 7.05 Å². The molecule has 0 unspecified atom stereocenters. The fourth-order valence-electron chi connectivity index (χ4n) is 1.60. The monoisotopic (exact) mass is 233 g/mol. The van der Waals surface area contributed by atoms with Crippen molar-refractivity contribution >= 4 is 5.82 Å². The van der Waals surface area contributed by atoms with Crippen LogP contribution in [-0.2, 0) is 7.05 Å². The fourth-order valence-corrected chi connectivity index (χ4v) is 1.60. The maximum absolute atomic E-state index is 10.7. The number of nitrogens with zero attached hydrogens (tertiary/aromatic N) is 5. The zero-order valence-corrected chi connectivity index (χ0v) is 9.71. The lowest BCUT2D eigenvalue weighted by Crippen LogP contribution is -2.02. The largest absolute Gasteiger partial charge is 0.358 e. The second kappa shape index (κ2) is 3.93. The maximum atomic E-state index is 10.7. The van der Waals surface area contributed by atoms with Gasteiger partial charge < -0.3 is 10.1 Å². The first-order chi connectivity index (χ1) is 7.99. The van der Waals surface area contributed by atoms with Crippen LogP contribution in [0.4, 0.5) is 5.82 Å². The molecule has 0 atom stereocenters. The molecule has 0 spiro atoms. The van der Waals surface area contributed by atoms with Crippen molar-refractivity contribution in [1.29, 1.82) is 0 Å². The summed E-state index contributed by atoms with van der Waals surface area (Å²) in [6.45, 7) is 3.69. The van der Waals surface area contributed by atoms with Gasteiger partial charge in [0, 0.05) is 11.4 Å². The molecule has 7 nitrogen and oxygen atoms in total. The first-order valence-electron chi connectivity index (χ1n) is 4.98. The van der Waals surface area contributed by atoms with Gasteiger partial charge in [0.1, 0.15) is 6.20 Å². The molecule has 0 N–H and O–H groups in total. The highest BCUT2D eigenvalue weighted by Gasteiger charge is 2.20. The Labute approximate surface area is 97.3 Å². The summed E-state index contributed by atoms with van der Waals surface area (Å²) < 4.78 is 1.37. The molecule has 0 fully saturated rings. The van der Waals surface area contributed by atoms with Gasteiger partial charge in [-0.15, -0.1) is 0 Å². The van der Waals surface area contributed by atoms with Gasteiger partial charge in [0.25, 0.3) is 5.82 Å². The number of rotatable bonds is 2. The lowest BCUT2D eigenvalue weighted by molar-refractivity contribution is -0.391. The third-order valence-electron chi connectivity index (χ3n) is 2.33. The first kappa shape index (κ1) is 11.2. The van der Waals surface area contributed by atoms with Crippen LogP contribution < -0.4 is 0 Å². The molecule has 0 aliphatic rings. The van der Waals surface area contributed by atoms with E-state index in [9.17, 15) is 10.1 Å². The van der Waals surface area contributed by atoms with Crippen LogP contribution in [0.15, 0.2) is 12.3 Å². The Balaban J connectivity index is 2.57. The average Bonchev–Trinajstić information content (AvgIpc) is 2.58. The zero-order chi connectivity index (χ0) is 12.6. The minimum atomic E-state index is -0.487. The normalized spacial score (nSPS) is 10.5. The number of aryl methyl sites for hydroxylation is 2. The molecule has 2 rings (SSSR count). The highest BCUT2D eigenvalue weighted by atomic mass is 16.6. The molecule has 17 heavy (non-hydrogen) atoms. The van der Waals surface area contributed by atoms with Crippen LogP contribution in [0.5, 0.6) is 0 Å². The van der Waals surface area contributed by atoms with Crippen LogP contribution in [0.2, 0.25) is 0 Å². The predicted octanol–water partition coefficient (Wildman–Crippen LogP) is 1.40. The maximum Gasteiger partial charge on any atom is 0.343 e. The van der Waals surface area contributed by atoms with Crippen LogP contribution in [-0.4, -0.2) is 24.4 Å². The SMILES string of the molecule is Cc1cc(C)nc(-c2ncc([N+](=O)[O-])n2C)n1. The fraction of sp³-hybridized carbons (Fsp3) is 0.300. The smallest absolute Gasteiger partial charge is 0.343 e. The van der Waals surface area contributed by atoms with Crippen LogP contribution >= 0.6 is 0 Å². The molecular formula is C10H11N5O2. The van der Waals surface area contributed by atoms with E-state index in [1.807, 2.05) is 19.9 Å². The molecule has 2 heterocycles. The van der Waals surface area contributed by atoms with Crippen molar-refractivity contribution in [3.8, 4) is 11.6 Å². The van der Waals surface area contributed by atoms with Gasteiger partial charge in [0.2, 0.25) is 5.82 Å². The summed E-state index contributed by atoms with van der Waals surface area (Å²) in [6.07, 6.45) is 1.20. The second-order valence-electron chi connectivity index (χ2n) is 3.73. The number of hydrogen-bond donors (Lipinski definition) is 0. The van der Waals surface area contributed by atoms with E-state index in [0.717, 1.165) is 11.4 Å². The van der Waals surface area contributed by atoms with E-state index >= 15 is 0 Å². The first-order valence-corrected chi connectivity index (χ1v) is 4.98. The molecule has 0 amide bonds. The molecule has 0 radical (unpaired) electrons. The summed E-state index contributed by atoms with van der Waals surface area (Å²) >= 11 is 0. The standard InChI is InChI=1S/C10H11N5O2/c1-6-4-7(2)13-9(12-6)10-11-5-8(14(10)3)15(16)17/h4-5H,1-3H3. The summed E-state index contributed by atoms with van der Waals surface area (Å²) in [5.41, 5.74) is 1.61. The van der Waals surface area contributed by atoms with E-state index in [4.69, 9.17) is 0 Å². The number of aromatic nitrogens is 4. The van der Waals surface area contributed by atoms with E-state index < -0.39 is 4.92 Å². The average molecular weight is 233 g/mol. The molecule has 0 aromatic carbocycles. The quantitative estimate of drug-likeness (QED) is 0.578. The van der Waals surface area contributed by atoms with Crippen molar-refractivity contribution in [2.45, 2.75) is 13.8 Å². The Bertz CT molecular complexity index is 570. The van der Waals surface area contributed by atoms with E-state index in [0.29, 0.717) is 11.6 Å². The van der Waals surface area contributed by atoms with Gasteiger partial charge in [-0.3, -0.25) is 0 Å². The van der Waals surface area contributed by atoms with E-state index in [2.05, 4.69) is 15.0 Å². The van der Waals surface area contributed by atoms with Gasteiger partial charge in [0.15, 0.2) is 0 Å². The molecular weight excluding hydrogens is 222 g/mol. The molecule has 0 aliphatic carbocycles. The Morgan fingerprint density at radius 2 is 1.88 bits per heavy atom. The Hall–Kier alpha value is -2.31. The van der Waals surface area contributed by atoms with Gasteiger partial charge in [-0.25, -0.2) is 19.5 Å². The number of imidazole rings is 1. The molecule has 0 bridgehead atoms. The van der Waals surface area contributed by atoms with Crippen molar-refractivity contribution in [3.05, 3.63) is 33.8 Å². The van der Waals surface area contributed by atoms with Crippen molar-refractivity contribution in [2.24, 2.45) is 7.05 Å². The lowest BCUT2D eigenvalue weighted by atomic mass is 10.3. The predicted molar refractivity (Wildman–Crippen MR) is 60.4 cm³/mol. The molecule has 7 heteroatoms. The van der Waals surface area contributed by atoms with Gasteiger partial charge in [0.05, 0.1) is 7.05 Å². The van der Waals surface area contributed by atoms with E-state index in [1.165, 1.54) is 10.8 Å². The van der Waals surface area contributed by atoms with Crippen LogP contribution in [0, 0.1) is 24.0 Å². The minimum absolute atomic E-state index is 0.0808. The second-order valence-corrected chi connectivity index (χ2v) is 3.73. The third-order valence-corrected chi connectivity index (χ3v) is 2.33. The summed E-state index contributed by atoms with van der Waals surface area (Å²) in [5, 5.41) is 10.7. The Morgan fingerprint density at radius 3 is 2.35 bits per heavy atom. The van der Waals surface area contributed by atoms with Crippen LogP contribution in [0.1, 0.15) is 11.4 Å². The van der Waals surface area contributed by atoms with Crippen molar-refractivity contribution in [2.75, 3.05) is 0 Å². The summed E-state index contributed by atoms with van der Waals surface area (Å²) in [6, 6.07) is 1.83. The van der Waals surface area contributed by atoms with E-state index in [-0.39, 0.29) is 5.82 Å². The number of hydrogen-bond acceptors (Lipinski definition) is 5.